The van der Waals surface area contributed by atoms with Gasteiger partial charge in [-0.3, -0.25) is 5.32 Å². The number of nitrogens with one attached hydrogen (secondary N) is 2. The Kier molecular flexibility index (Phi) is 2.91. The van der Waals surface area contributed by atoms with E-state index in [1.165, 1.54) is 5.56 Å². The first-order valence-electron chi connectivity index (χ1n) is 7.87. The number of nitrogens with zero attached hydrogens (tertiary/aromatic N) is 2. The number of hydrogen-bond acceptors (Lipinski definition) is 3. The molecular weight excluding hydrogens is 292 g/mol. The van der Waals surface area contributed by atoms with Crippen LogP contribution in [0.1, 0.15) is 49.0 Å². The van der Waals surface area contributed by atoms with Crippen LogP contribution in [0.25, 0.3) is 0 Å². The fourth-order valence-electron chi connectivity index (χ4n) is 3.34. The van der Waals surface area contributed by atoms with E-state index in [1.807, 2.05) is 23.9 Å². The van der Waals surface area contributed by atoms with Crippen molar-refractivity contribution in [3.63, 3.8) is 0 Å². The zero-order chi connectivity index (χ0) is 16.2. The molecule has 0 aliphatic carbocycles. The predicted molar refractivity (Wildman–Crippen MR) is 85.1 cm³/mol. The minimum absolute atomic E-state index is 0.0757. The molecule has 2 aromatic rings. The molecule has 0 saturated carbocycles. The predicted octanol–water partition coefficient (Wildman–Crippen LogP) is 2.53. The van der Waals surface area contributed by atoms with Gasteiger partial charge in [0.25, 0.3) is 0 Å². The van der Waals surface area contributed by atoms with Crippen LogP contribution in [-0.4, -0.2) is 15.6 Å². The Balaban J connectivity index is 1.82. The molecule has 2 atom stereocenters. The van der Waals surface area contributed by atoms with Gasteiger partial charge in [0.05, 0.1) is 12.4 Å². The van der Waals surface area contributed by atoms with Gasteiger partial charge in [0, 0.05) is 25.2 Å². The van der Waals surface area contributed by atoms with Gasteiger partial charge in [0.15, 0.2) is 0 Å². The van der Waals surface area contributed by atoms with Crippen LogP contribution in [0.2, 0.25) is 0 Å². The van der Waals surface area contributed by atoms with Crippen molar-refractivity contribution in [2.45, 2.75) is 38.0 Å². The number of fused-ring (bicyclic) bond motifs is 4. The topological polar surface area (TPSA) is 68.2 Å². The lowest BCUT2D eigenvalue weighted by Crippen LogP contribution is -2.62. The van der Waals surface area contributed by atoms with Crippen LogP contribution in [0.3, 0.4) is 0 Å². The van der Waals surface area contributed by atoms with E-state index in [0.29, 0.717) is 12.3 Å². The van der Waals surface area contributed by atoms with Crippen molar-refractivity contribution < 1.29 is 9.53 Å². The number of rotatable bonds is 2. The zero-order valence-electron chi connectivity index (χ0n) is 13.5. The highest BCUT2D eigenvalue weighted by atomic mass is 16.5. The SMILES string of the molecule is CC(C)c1ccc2c(c1)C1CC(c3cn(C)cn3)(NC(=O)N1)O2. The highest BCUT2D eigenvalue weighted by Gasteiger charge is 2.49. The van der Waals surface area contributed by atoms with Crippen LogP contribution in [0.5, 0.6) is 5.75 Å². The third-order valence-corrected chi connectivity index (χ3v) is 4.59. The van der Waals surface area contributed by atoms with Crippen molar-refractivity contribution in [3.05, 3.63) is 47.5 Å². The van der Waals surface area contributed by atoms with Gasteiger partial charge in [-0.25, -0.2) is 9.78 Å². The third-order valence-electron chi connectivity index (χ3n) is 4.59. The molecule has 6 nitrogen and oxygen atoms in total. The largest absolute Gasteiger partial charge is 0.462 e. The Hall–Kier alpha value is -2.50. The smallest absolute Gasteiger partial charge is 0.318 e. The zero-order valence-corrected chi connectivity index (χ0v) is 13.5. The number of imidazole rings is 1. The van der Waals surface area contributed by atoms with Gasteiger partial charge in [0.2, 0.25) is 5.72 Å². The molecule has 2 unspecified atom stereocenters. The van der Waals surface area contributed by atoms with Crippen molar-refractivity contribution in [1.29, 1.82) is 0 Å². The van der Waals surface area contributed by atoms with Gasteiger partial charge in [-0.05, 0) is 23.6 Å². The monoisotopic (exact) mass is 312 g/mol. The molecule has 1 saturated heterocycles. The van der Waals surface area contributed by atoms with Crippen LogP contribution >= 0.6 is 0 Å². The summed E-state index contributed by atoms with van der Waals surface area (Å²) in [6.07, 6.45) is 4.22. The molecule has 0 spiro atoms. The maximum atomic E-state index is 12.2. The second kappa shape index (κ2) is 4.75. The van der Waals surface area contributed by atoms with Gasteiger partial charge in [-0.15, -0.1) is 0 Å². The highest BCUT2D eigenvalue weighted by Crippen LogP contribution is 2.45. The van der Waals surface area contributed by atoms with Crippen molar-refractivity contribution >= 4 is 6.03 Å². The molecule has 4 rings (SSSR count). The summed E-state index contributed by atoms with van der Waals surface area (Å²) in [6.45, 7) is 4.31. The van der Waals surface area contributed by atoms with E-state index >= 15 is 0 Å². The Morgan fingerprint density at radius 3 is 2.96 bits per heavy atom. The number of carbonyl (C=O) groups is 1. The molecule has 1 fully saturated rings. The first-order chi connectivity index (χ1) is 11.0. The Bertz CT molecular complexity index is 783. The number of hydrogen-bond donors (Lipinski definition) is 2. The summed E-state index contributed by atoms with van der Waals surface area (Å²) < 4.78 is 8.10. The van der Waals surface area contributed by atoms with Gasteiger partial charge < -0.3 is 14.6 Å². The van der Waals surface area contributed by atoms with Gasteiger partial charge in [0.1, 0.15) is 11.4 Å². The average Bonchev–Trinajstić information content (AvgIpc) is 2.93. The van der Waals surface area contributed by atoms with Gasteiger partial charge in [-0.1, -0.05) is 19.9 Å². The Labute approximate surface area is 134 Å². The van der Waals surface area contributed by atoms with Crippen LogP contribution in [0, 0.1) is 0 Å². The van der Waals surface area contributed by atoms with E-state index < -0.39 is 5.72 Å². The summed E-state index contributed by atoms with van der Waals surface area (Å²) >= 11 is 0. The second-order valence-corrected chi connectivity index (χ2v) is 6.66. The fourth-order valence-corrected chi connectivity index (χ4v) is 3.34. The molecule has 3 heterocycles. The summed E-state index contributed by atoms with van der Waals surface area (Å²) in [6, 6.07) is 5.91. The van der Waals surface area contributed by atoms with Crippen molar-refractivity contribution in [1.82, 2.24) is 20.2 Å². The molecule has 2 aliphatic rings. The van der Waals surface area contributed by atoms with E-state index in [2.05, 4.69) is 41.6 Å². The fraction of sp³-hybridized carbons (Fsp3) is 0.412. The number of benzene rings is 1. The number of carbonyl (C=O) groups excluding carboxylic acids is 1. The lowest BCUT2D eigenvalue weighted by Gasteiger charge is -2.45. The minimum Gasteiger partial charge on any atom is -0.462 e. The Morgan fingerprint density at radius 1 is 1.43 bits per heavy atom. The van der Waals surface area contributed by atoms with Crippen molar-refractivity contribution in [3.8, 4) is 5.75 Å². The third kappa shape index (κ3) is 2.17. The van der Waals surface area contributed by atoms with Crippen LogP contribution in [-0.2, 0) is 12.8 Å². The molecule has 6 heteroatoms. The van der Waals surface area contributed by atoms with Crippen LogP contribution in [0.4, 0.5) is 4.79 Å². The molecule has 1 aromatic heterocycles. The molecule has 2 bridgehead atoms. The molecule has 1 aromatic carbocycles. The number of aryl methyl sites for hydroxylation is 1. The first kappa shape index (κ1) is 14.1. The molecule has 120 valence electrons. The molecule has 2 amide bonds. The summed E-state index contributed by atoms with van der Waals surface area (Å²) in [5, 5.41) is 5.93. The van der Waals surface area contributed by atoms with E-state index in [9.17, 15) is 4.79 Å². The lowest BCUT2D eigenvalue weighted by atomic mass is 9.87. The highest BCUT2D eigenvalue weighted by molar-refractivity contribution is 5.77. The average molecular weight is 312 g/mol. The quantitative estimate of drug-likeness (QED) is 0.895. The van der Waals surface area contributed by atoms with Crippen molar-refractivity contribution in [2.24, 2.45) is 7.05 Å². The van der Waals surface area contributed by atoms with Crippen molar-refractivity contribution in [2.75, 3.05) is 0 Å². The van der Waals surface area contributed by atoms with Gasteiger partial charge >= 0.3 is 6.03 Å². The Morgan fingerprint density at radius 2 is 2.26 bits per heavy atom. The van der Waals surface area contributed by atoms with Crippen LogP contribution < -0.4 is 15.4 Å². The van der Waals surface area contributed by atoms with Crippen LogP contribution in [0.15, 0.2) is 30.7 Å². The molecule has 23 heavy (non-hydrogen) atoms. The summed E-state index contributed by atoms with van der Waals surface area (Å²) in [7, 11) is 1.90. The molecule has 2 N–H and O–H groups in total. The molecule has 2 aliphatic heterocycles. The first-order valence-corrected chi connectivity index (χ1v) is 7.87. The maximum Gasteiger partial charge on any atom is 0.318 e. The lowest BCUT2D eigenvalue weighted by molar-refractivity contribution is -0.0126. The molecular formula is C17H20N4O2. The number of ether oxygens (including phenoxy) is 1. The summed E-state index contributed by atoms with van der Waals surface area (Å²) in [5.74, 6) is 1.23. The van der Waals surface area contributed by atoms with E-state index in [0.717, 1.165) is 17.0 Å². The molecule has 0 radical (unpaired) electrons. The van der Waals surface area contributed by atoms with E-state index in [4.69, 9.17) is 4.74 Å². The van der Waals surface area contributed by atoms with Gasteiger partial charge in [-0.2, -0.15) is 0 Å². The maximum absolute atomic E-state index is 12.2. The summed E-state index contributed by atoms with van der Waals surface area (Å²) in [4.78, 5) is 16.6. The van der Waals surface area contributed by atoms with E-state index in [-0.39, 0.29) is 12.1 Å². The normalized spacial score (nSPS) is 25.4. The number of aromatic nitrogens is 2. The number of amides is 2. The summed E-state index contributed by atoms with van der Waals surface area (Å²) in [5.41, 5.74) is 2.10. The standard InChI is InChI=1S/C17H20N4O2/c1-10(2)11-4-5-14-12(6-11)13-7-17(23-14,20-16(22)19-13)15-8-21(3)9-18-15/h4-6,8-10,13H,7H2,1-3H3,(H2,19,20,22). The van der Waals surface area contributed by atoms with E-state index in [1.54, 1.807) is 6.33 Å². The second-order valence-electron chi connectivity index (χ2n) is 6.66. The number of urea groups is 1. The minimum atomic E-state index is -0.902.